The Morgan fingerprint density at radius 1 is 1.33 bits per heavy atom. The number of amides is 1. The van der Waals surface area contributed by atoms with Crippen molar-refractivity contribution in [3.8, 4) is 0 Å². The van der Waals surface area contributed by atoms with Crippen molar-refractivity contribution in [3.63, 3.8) is 0 Å². The van der Waals surface area contributed by atoms with Crippen LogP contribution >= 0.6 is 11.3 Å². The molecule has 0 aliphatic carbocycles. The van der Waals surface area contributed by atoms with Crippen molar-refractivity contribution >= 4 is 33.3 Å². The minimum absolute atomic E-state index is 0.330. The topological polar surface area (TPSA) is 66.4 Å². The number of carboxylic acid groups (broad SMARTS) is 1. The molecule has 5 heteroatoms. The average molecular weight is 263 g/mol. The highest BCUT2D eigenvalue weighted by atomic mass is 32.1. The highest BCUT2D eigenvalue weighted by Crippen LogP contribution is 2.30. The molecule has 0 saturated carbocycles. The number of thiophene rings is 1. The molecule has 1 amide bonds. The molecular formula is C13H13NO3S. The fraction of sp³-hybridized carbons (Fsp3) is 0.231. The zero-order chi connectivity index (χ0) is 13.3. The highest BCUT2D eigenvalue weighted by molar-refractivity contribution is 7.21. The number of hydrogen-bond acceptors (Lipinski definition) is 3. The van der Waals surface area contributed by atoms with Crippen LogP contribution in [0.4, 0.5) is 0 Å². The van der Waals surface area contributed by atoms with Gasteiger partial charge in [0, 0.05) is 4.70 Å². The fourth-order valence-corrected chi connectivity index (χ4v) is 2.83. The molecule has 0 saturated heterocycles. The molecule has 0 fully saturated rings. The van der Waals surface area contributed by atoms with E-state index in [4.69, 9.17) is 5.11 Å². The summed E-state index contributed by atoms with van der Waals surface area (Å²) in [6.45, 7) is 3.32. The standard InChI is InChI=1S/C13H13NO3S/c1-7-9-5-3-4-6-10(9)18-11(7)12(15)14-8(2)13(16)17/h3-6,8H,1-2H3,(H,14,15)(H,16,17). The van der Waals surface area contributed by atoms with Gasteiger partial charge in [-0.05, 0) is 30.9 Å². The van der Waals surface area contributed by atoms with Crippen molar-refractivity contribution in [2.45, 2.75) is 19.9 Å². The smallest absolute Gasteiger partial charge is 0.325 e. The van der Waals surface area contributed by atoms with Gasteiger partial charge in [0.05, 0.1) is 4.88 Å². The third kappa shape index (κ3) is 2.22. The summed E-state index contributed by atoms with van der Waals surface area (Å²) in [6.07, 6.45) is 0. The second-order valence-electron chi connectivity index (χ2n) is 4.09. The van der Waals surface area contributed by atoms with Crippen molar-refractivity contribution in [1.29, 1.82) is 0 Å². The molecular weight excluding hydrogens is 250 g/mol. The number of aryl methyl sites for hydroxylation is 1. The molecule has 94 valence electrons. The van der Waals surface area contributed by atoms with Crippen LogP contribution in [0.25, 0.3) is 10.1 Å². The maximum absolute atomic E-state index is 12.0. The van der Waals surface area contributed by atoms with Gasteiger partial charge in [-0.3, -0.25) is 9.59 Å². The van der Waals surface area contributed by atoms with Gasteiger partial charge in [0.25, 0.3) is 5.91 Å². The van der Waals surface area contributed by atoms with E-state index in [9.17, 15) is 9.59 Å². The number of aliphatic carboxylic acids is 1. The molecule has 0 aliphatic rings. The van der Waals surface area contributed by atoms with Crippen molar-refractivity contribution in [1.82, 2.24) is 5.32 Å². The molecule has 1 aromatic carbocycles. The molecule has 4 nitrogen and oxygen atoms in total. The maximum atomic E-state index is 12.0. The van der Waals surface area contributed by atoms with Gasteiger partial charge in [0.1, 0.15) is 6.04 Å². The van der Waals surface area contributed by atoms with E-state index in [1.54, 1.807) is 0 Å². The predicted octanol–water partition coefficient (Wildman–Crippen LogP) is 2.41. The molecule has 1 atom stereocenters. The number of carboxylic acids is 1. The fourth-order valence-electron chi connectivity index (χ4n) is 1.71. The zero-order valence-electron chi connectivity index (χ0n) is 10.1. The number of carbonyl (C=O) groups is 2. The predicted molar refractivity (Wildman–Crippen MR) is 71.1 cm³/mol. The van der Waals surface area contributed by atoms with Gasteiger partial charge in [-0.25, -0.2) is 0 Å². The first-order chi connectivity index (χ1) is 8.50. The second kappa shape index (κ2) is 4.78. The number of nitrogens with one attached hydrogen (secondary N) is 1. The molecule has 1 aromatic heterocycles. The van der Waals surface area contributed by atoms with Crippen LogP contribution in [-0.2, 0) is 4.79 Å². The lowest BCUT2D eigenvalue weighted by Crippen LogP contribution is -2.38. The van der Waals surface area contributed by atoms with E-state index < -0.39 is 12.0 Å². The molecule has 0 spiro atoms. The Hall–Kier alpha value is -1.88. The van der Waals surface area contributed by atoms with Gasteiger partial charge in [-0.2, -0.15) is 0 Å². The monoisotopic (exact) mass is 263 g/mol. The maximum Gasteiger partial charge on any atom is 0.325 e. The van der Waals surface area contributed by atoms with E-state index in [1.807, 2.05) is 31.2 Å². The van der Waals surface area contributed by atoms with Crippen LogP contribution in [-0.4, -0.2) is 23.0 Å². The van der Waals surface area contributed by atoms with E-state index >= 15 is 0 Å². The van der Waals surface area contributed by atoms with Gasteiger partial charge in [-0.1, -0.05) is 18.2 Å². The van der Waals surface area contributed by atoms with Gasteiger partial charge >= 0.3 is 5.97 Å². The summed E-state index contributed by atoms with van der Waals surface area (Å²) in [5.41, 5.74) is 0.894. The summed E-state index contributed by atoms with van der Waals surface area (Å²) in [5, 5.41) is 12.3. The molecule has 2 rings (SSSR count). The Morgan fingerprint density at radius 3 is 2.61 bits per heavy atom. The molecule has 2 N–H and O–H groups in total. The minimum Gasteiger partial charge on any atom is -0.480 e. The number of benzene rings is 1. The molecule has 0 bridgehead atoms. The van der Waals surface area contributed by atoms with Crippen LogP contribution in [0, 0.1) is 6.92 Å². The Balaban J connectivity index is 2.34. The molecule has 18 heavy (non-hydrogen) atoms. The first kappa shape index (κ1) is 12.6. The molecule has 0 aliphatic heterocycles. The lowest BCUT2D eigenvalue weighted by Gasteiger charge is -2.08. The molecule has 0 radical (unpaired) electrons. The Bertz CT molecular complexity index is 618. The summed E-state index contributed by atoms with van der Waals surface area (Å²) in [6, 6.07) is 6.86. The first-order valence-electron chi connectivity index (χ1n) is 5.52. The third-order valence-corrected chi connectivity index (χ3v) is 4.04. The lowest BCUT2D eigenvalue weighted by atomic mass is 10.1. The third-order valence-electron chi connectivity index (χ3n) is 2.77. The molecule has 1 unspecified atom stereocenters. The summed E-state index contributed by atoms with van der Waals surface area (Å²) in [4.78, 5) is 23.3. The quantitative estimate of drug-likeness (QED) is 0.893. The number of fused-ring (bicyclic) bond motifs is 1. The Morgan fingerprint density at radius 2 is 2.00 bits per heavy atom. The van der Waals surface area contributed by atoms with E-state index in [0.717, 1.165) is 15.6 Å². The SMILES string of the molecule is Cc1c(C(=O)NC(C)C(=O)O)sc2ccccc12. The number of hydrogen-bond donors (Lipinski definition) is 2. The highest BCUT2D eigenvalue weighted by Gasteiger charge is 2.19. The number of rotatable bonds is 3. The van der Waals surface area contributed by atoms with Crippen LogP contribution < -0.4 is 5.32 Å². The first-order valence-corrected chi connectivity index (χ1v) is 6.34. The normalized spacial score (nSPS) is 12.3. The van der Waals surface area contributed by atoms with E-state index in [-0.39, 0.29) is 5.91 Å². The van der Waals surface area contributed by atoms with E-state index in [2.05, 4.69) is 5.32 Å². The minimum atomic E-state index is -1.04. The van der Waals surface area contributed by atoms with Gasteiger partial charge < -0.3 is 10.4 Å². The van der Waals surface area contributed by atoms with Gasteiger partial charge in [0.15, 0.2) is 0 Å². The van der Waals surface area contributed by atoms with Crippen LogP contribution in [0.5, 0.6) is 0 Å². The van der Waals surface area contributed by atoms with Crippen LogP contribution in [0.1, 0.15) is 22.2 Å². The summed E-state index contributed by atoms with van der Waals surface area (Å²) >= 11 is 1.38. The zero-order valence-corrected chi connectivity index (χ0v) is 10.9. The van der Waals surface area contributed by atoms with Crippen molar-refractivity contribution in [2.75, 3.05) is 0 Å². The largest absolute Gasteiger partial charge is 0.480 e. The van der Waals surface area contributed by atoms with Crippen LogP contribution in [0.2, 0.25) is 0 Å². The van der Waals surface area contributed by atoms with Crippen molar-refractivity contribution in [3.05, 3.63) is 34.7 Å². The lowest BCUT2D eigenvalue weighted by molar-refractivity contribution is -0.138. The van der Waals surface area contributed by atoms with E-state index in [1.165, 1.54) is 18.3 Å². The Labute approximate surface area is 108 Å². The van der Waals surface area contributed by atoms with Crippen LogP contribution in [0.3, 0.4) is 0 Å². The number of carbonyl (C=O) groups excluding carboxylic acids is 1. The average Bonchev–Trinajstić information content (AvgIpc) is 2.67. The van der Waals surface area contributed by atoms with Crippen molar-refractivity contribution in [2.24, 2.45) is 0 Å². The summed E-state index contributed by atoms with van der Waals surface area (Å²) in [7, 11) is 0. The Kier molecular flexibility index (Phi) is 3.34. The van der Waals surface area contributed by atoms with Gasteiger partial charge in [0.2, 0.25) is 0 Å². The molecule has 2 aromatic rings. The molecule has 1 heterocycles. The summed E-state index contributed by atoms with van der Waals surface area (Å²) < 4.78 is 1.03. The van der Waals surface area contributed by atoms with E-state index in [0.29, 0.717) is 4.88 Å². The second-order valence-corrected chi connectivity index (χ2v) is 5.14. The summed E-state index contributed by atoms with van der Waals surface area (Å²) in [5.74, 6) is -1.37. The van der Waals surface area contributed by atoms with Crippen molar-refractivity contribution < 1.29 is 14.7 Å². The van der Waals surface area contributed by atoms with Crippen LogP contribution in [0.15, 0.2) is 24.3 Å². The van der Waals surface area contributed by atoms with Gasteiger partial charge in [-0.15, -0.1) is 11.3 Å².